The standard InChI is InChI=1S/C14H13NO2/c16-14(17)15-8-7-13-11(9-15)6-5-10-3-1-2-4-12(10)13/h1-6H,7-9H2,(H,16,17). The van der Waals surface area contributed by atoms with E-state index in [-0.39, 0.29) is 0 Å². The Bertz CT molecular complexity index is 592. The number of fused-ring (bicyclic) bond motifs is 3. The smallest absolute Gasteiger partial charge is 0.407 e. The van der Waals surface area contributed by atoms with Crippen molar-refractivity contribution in [3.8, 4) is 0 Å². The van der Waals surface area contributed by atoms with Gasteiger partial charge in [0.1, 0.15) is 0 Å². The summed E-state index contributed by atoms with van der Waals surface area (Å²) in [6, 6.07) is 12.4. The van der Waals surface area contributed by atoms with Gasteiger partial charge in [-0.25, -0.2) is 4.79 Å². The van der Waals surface area contributed by atoms with Crippen molar-refractivity contribution in [1.29, 1.82) is 0 Å². The van der Waals surface area contributed by atoms with Crippen molar-refractivity contribution >= 4 is 16.9 Å². The quantitative estimate of drug-likeness (QED) is 0.751. The zero-order valence-electron chi connectivity index (χ0n) is 9.39. The van der Waals surface area contributed by atoms with Crippen molar-refractivity contribution < 1.29 is 9.90 Å². The lowest BCUT2D eigenvalue weighted by Crippen LogP contribution is -2.34. The number of nitrogens with zero attached hydrogens (tertiary/aromatic N) is 1. The average Bonchev–Trinajstić information content (AvgIpc) is 2.38. The Hall–Kier alpha value is -2.03. The summed E-state index contributed by atoms with van der Waals surface area (Å²) in [6.07, 6.45) is -0.0213. The summed E-state index contributed by atoms with van der Waals surface area (Å²) >= 11 is 0. The van der Waals surface area contributed by atoms with E-state index < -0.39 is 6.09 Å². The summed E-state index contributed by atoms with van der Waals surface area (Å²) in [7, 11) is 0. The summed E-state index contributed by atoms with van der Waals surface area (Å²) in [5.41, 5.74) is 2.44. The first-order chi connectivity index (χ1) is 8.25. The van der Waals surface area contributed by atoms with Gasteiger partial charge in [0.15, 0.2) is 0 Å². The highest BCUT2D eigenvalue weighted by molar-refractivity contribution is 5.87. The highest BCUT2D eigenvalue weighted by atomic mass is 16.4. The van der Waals surface area contributed by atoms with Gasteiger partial charge < -0.3 is 10.0 Å². The minimum atomic E-state index is -0.830. The van der Waals surface area contributed by atoms with Gasteiger partial charge in [0, 0.05) is 13.1 Å². The second-order valence-electron chi connectivity index (χ2n) is 4.38. The summed E-state index contributed by atoms with van der Waals surface area (Å²) in [4.78, 5) is 12.4. The van der Waals surface area contributed by atoms with Gasteiger partial charge in [0.05, 0.1) is 0 Å². The van der Waals surface area contributed by atoms with E-state index in [0.29, 0.717) is 13.1 Å². The van der Waals surface area contributed by atoms with Crippen molar-refractivity contribution in [1.82, 2.24) is 4.90 Å². The van der Waals surface area contributed by atoms with Gasteiger partial charge in [-0.2, -0.15) is 0 Å². The van der Waals surface area contributed by atoms with Crippen molar-refractivity contribution in [2.24, 2.45) is 0 Å². The third kappa shape index (κ3) is 1.64. The minimum Gasteiger partial charge on any atom is -0.465 e. The van der Waals surface area contributed by atoms with E-state index in [1.165, 1.54) is 21.2 Å². The van der Waals surface area contributed by atoms with Crippen LogP contribution in [0, 0.1) is 0 Å². The van der Waals surface area contributed by atoms with E-state index in [1.807, 2.05) is 18.2 Å². The van der Waals surface area contributed by atoms with Crippen LogP contribution in [-0.2, 0) is 13.0 Å². The molecule has 3 rings (SSSR count). The van der Waals surface area contributed by atoms with Crippen LogP contribution in [0.4, 0.5) is 4.79 Å². The third-order valence-corrected chi connectivity index (χ3v) is 3.40. The molecule has 3 heteroatoms. The molecule has 0 radical (unpaired) electrons. The van der Waals surface area contributed by atoms with Gasteiger partial charge in [-0.3, -0.25) is 0 Å². The summed E-state index contributed by atoms with van der Waals surface area (Å²) < 4.78 is 0. The normalized spacial score (nSPS) is 14.7. The third-order valence-electron chi connectivity index (χ3n) is 3.40. The Balaban J connectivity index is 2.11. The SMILES string of the molecule is O=C(O)N1CCc2c(ccc3ccccc23)C1. The molecule has 2 aromatic rings. The molecule has 0 bridgehead atoms. The molecule has 3 nitrogen and oxygen atoms in total. The maximum absolute atomic E-state index is 11.0. The van der Waals surface area contributed by atoms with Crippen LogP contribution in [0.2, 0.25) is 0 Å². The molecule has 1 amide bonds. The van der Waals surface area contributed by atoms with Gasteiger partial charge in [-0.1, -0.05) is 36.4 Å². The minimum absolute atomic E-state index is 0.509. The van der Waals surface area contributed by atoms with Crippen molar-refractivity contribution in [3.05, 3.63) is 47.5 Å². The molecule has 0 fully saturated rings. The molecule has 1 aliphatic heterocycles. The van der Waals surface area contributed by atoms with Crippen LogP contribution < -0.4 is 0 Å². The highest BCUT2D eigenvalue weighted by Crippen LogP contribution is 2.27. The Kier molecular flexibility index (Phi) is 2.25. The molecule has 0 spiro atoms. The van der Waals surface area contributed by atoms with E-state index in [9.17, 15) is 4.79 Å². The Labute approximate surface area is 99.3 Å². The number of benzene rings is 2. The van der Waals surface area contributed by atoms with E-state index in [1.54, 1.807) is 0 Å². The number of rotatable bonds is 0. The molecule has 1 N–H and O–H groups in total. The van der Waals surface area contributed by atoms with Crippen molar-refractivity contribution in [3.63, 3.8) is 0 Å². The van der Waals surface area contributed by atoms with E-state index in [2.05, 4.69) is 18.2 Å². The molecule has 0 aromatic heterocycles. The Morgan fingerprint density at radius 2 is 2.00 bits per heavy atom. The summed E-state index contributed by atoms with van der Waals surface area (Å²) in [5.74, 6) is 0. The molecule has 1 aliphatic rings. The molecular formula is C14H13NO2. The molecule has 0 saturated carbocycles. The van der Waals surface area contributed by atoms with Crippen molar-refractivity contribution in [2.75, 3.05) is 6.54 Å². The first-order valence-electron chi connectivity index (χ1n) is 5.73. The highest BCUT2D eigenvalue weighted by Gasteiger charge is 2.20. The lowest BCUT2D eigenvalue weighted by Gasteiger charge is -2.27. The first-order valence-corrected chi connectivity index (χ1v) is 5.73. The van der Waals surface area contributed by atoms with Crippen LogP contribution in [0.3, 0.4) is 0 Å². The van der Waals surface area contributed by atoms with E-state index in [4.69, 9.17) is 5.11 Å². The predicted molar refractivity (Wildman–Crippen MR) is 66.1 cm³/mol. The zero-order valence-corrected chi connectivity index (χ0v) is 9.39. The maximum atomic E-state index is 11.0. The van der Waals surface area contributed by atoms with Gasteiger partial charge in [-0.05, 0) is 28.3 Å². The fourth-order valence-corrected chi connectivity index (χ4v) is 2.52. The monoisotopic (exact) mass is 227 g/mol. The maximum Gasteiger partial charge on any atom is 0.407 e. The fourth-order valence-electron chi connectivity index (χ4n) is 2.52. The molecule has 0 atom stereocenters. The molecule has 2 aromatic carbocycles. The van der Waals surface area contributed by atoms with Crippen molar-refractivity contribution in [2.45, 2.75) is 13.0 Å². The second kappa shape index (κ2) is 3.77. The van der Waals surface area contributed by atoms with Gasteiger partial charge in [0.25, 0.3) is 0 Å². The van der Waals surface area contributed by atoms with Crippen LogP contribution in [0.5, 0.6) is 0 Å². The molecular weight excluding hydrogens is 214 g/mol. The number of hydrogen-bond donors (Lipinski definition) is 1. The first kappa shape index (κ1) is 10.1. The fraction of sp³-hybridized carbons (Fsp3) is 0.214. The van der Waals surface area contributed by atoms with Crippen LogP contribution in [0.25, 0.3) is 10.8 Å². The lowest BCUT2D eigenvalue weighted by molar-refractivity contribution is 0.140. The number of amides is 1. The average molecular weight is 227 g/mol. The number of hydrogen-bond acceptors (Lipinski definition) is 1. The number of carbonyl (C=O) groups is 1. The Morgan fingerprint density at radius 1 is 1.18 bits per heavy atom. The van der Waals surface area contributed by atoms with Crippen LogP contribution in [0.1, 0.15) is 11.1 Å². The van der Waals surface area contributed by atoms with Crippen LogP contribution in [0.15, 0.2) is 36.4 Å². The molecule has 17 heavy (non-hydrogen) atoms. The van der Waals surface area contributed by atoms with Gasteiger partial charge in [0.2, 0.25) is 0 Å². The van der Waals surface area contributed by atoms with Gasteiger partial charge in [-0.15, -0.1) is 0 Å². The zero-order chi connectivity index (χ0) is 11.8. The Morgan fingerprint density at radius 3 is 2.82 bits per heavy atom. The molecule has 1 heterocycles. The molecule has 86 valence electrons. The second-order valence-corrected chi connectivity index (χ2v) is 4.38. The number of carboxylic acid groups (broad SMARTS) is 1. The lowest BCUT2D eigenvalue weighted by atomic mass is 9.94. The van der Waals surface area contributed by atoms with E-state index >= 15 is 0 Å². The molecule has 0 aliphatic carbocycles. The largest absolute Gasteiger partial charge is 0.465 e. The van der Waals surface area contributed by atoms with E-state index in [0.717, 1.165) is 12.0 Å². The predicted octanol–water partition coefficient (Wildman–Crippen LogP) is 2.88. The topological polar surface area (TPSA) is 40.5 Å². The summed E-state index contributed by atoms with van der Waals surface area (Å²) in [6.45, 7) is 1.10. The molecule has 0 unspecified atom stereocenters. The molecule has 0 saturated heterocycles. The van der Waals surface area contributed by atoms with Crippen LogP contribution >= 0.6 is 0 Å². The van der Waals surface area contributed by atoms with Gasteiger partial charge >= 0.3 is 6.09 Å². The summed E-state index contributed by atoms with van der Waals surface area (Å²) in [5, 5.41) is 11.5. The van der Waals surface area contributed by atoms with Crippen LogP contribution in [-0.4, -0.2) is 22.6 Å².